The lowest BCUT2D eigenvalue weighted by molar-refractivity contribution is -0.141. The number of carboxylic acids is 1. The molecule has 0 spiro atoms. The molecular weight excluding hydrogens is 446 g/mol. The van der Waals surface area contributed by atoms with Crippen molar-refractivity contribution in [2.45, 2.75) is 30.2 Å². The van der Waals surface area contributed by atoms with Gasteiger partial charge in [-0.3, -0.25) is 14.3 Å². The highest BCUT2D eigenvalue weighted by atomic mass is 32.2. The van der Waals surface area contributed by atoms with E-state index in [-0.39, 0.29) is 24.2 Å². The highest BCUT2D eigenvalue weighted by Gasteiger charge is 2.35. The Kier molecular flexibility index (Phi) is 6.27. The zero-order valence-corrected chi connectivity index (χ0v) is 18.2. The van der Waals surface area contributed by atoms with Gasteiger partial charge in [-0.1, -0.05) is 36.4 Å². The van der Waals surface area contributed by atoms with Crippen LogP contribution in [0.25, 0.3) is 0 Å². The first-order chi connectivity index (χ1) is 15.8. The monoisotopic (exact) mass is 467 g/mol. The maximum absolute atomic E-state index is 12.9. The van der Waals surface area contributed by atoms with Crippen molar-refractivity contribution < 1.29 is 27.5 Å². The Morgan fingerprint density at radius 2 is 1.76 bits per heavy atom. The topological polar surface area (TPSA) is 129 Å². The van der Waals surface area contributed by atoms with Crippen molar-refractivity contribution in [2.24, 2.45) is 5.10 Å². The number of anilines is 1. The second-order valence-corrected chi connectivity index (χ2v) is 9.06. The minimum absolute atomic E-state index is 0.105. The number of hydrogen-bond acceptors (Lipinski definition) is 6. The number of rotatable bonds is 8. The maximum Gasteiger partial charge on any atom is 0.303 e. The lowest BCUT2D eigenvalue weighted by Gasteiger charge is -2.24. The molecule has 170 valence electrons. The van der Waals surface area contributed by atoms with Gasteiger partial charge in [0.25, 0.3) is 10.0 Å². The van der Waals surface area contributed by atoms with E-state index in [9.17, 15) is 18.0 Å². The van der Waals surface area contributed by atoms with Crippen molar-refractivity contribution in [2.75, 3.05) is 4.72 Å². The number of nitrogens with one attached hydrogen (secondary N) is 1. The van der Waals surface area contributed by atoms with Gasteiger partial charge in [0.1, 0.15) is 11.5 Å². The van der Waals surface area contributed by atoms with Crippen molar-refractivity contribution in [1.29, 1.82) is 0 Å². The van der Waals surface area contributed by atoms with Crippen LogP contribution in [0, 0.1) is 0 Å². The molecule has 0 saturated heterocycles. The molecule has 33 heavy (non-hydrogen) atoms. The number of benzene rings is 2. The van der Waals surface area contributed by atoms with Crippen LogP contribution in [-0.2, 0) is 19.6 Å². The summed E-state index contributed by atoms with van der Waals surface area (Å²) in [6, 6.07) is 17.5. The first kappa shape index (κ1) is 22.3. The number of carboxylic acid groups (broad SMARTS) is 1. The lowest BCUT2D eigenvalue weighted by Crippen LogP contribution is -2.28. The molecule has 2 heterocycles. The van der Waals surface area contributed by atoms with E-state index >= 15 is 0 Å². The fourth-order valence-electron chi connectivity index (χ4n) is 3.59. The molecule has 1 aromatic heterocycles. The molecule has 3 aromatic rings. The third kappa shape index (κ3) is 4.96. The van der Waals surface area contributed by atoms with E-state index in [4.69, 9.17) is 9.52 Å². The fraction of sp³-hybridized carbons (Fsp3) is 0.174. The van der Waals surface area contributed by atoms with Crippen LogP contribution in [0.4, 0.5) is 5.69 Å². The number of hydrazone groups is 1. The first-order valence-electron chi connectivity index (χ1n) is 10.2. The van der Waals surface area contributed by atoms with Gasteiger partial charge in [-0.05, 0) is 30.3 Å². The van der Waals surface area contributed by atoms with Crippen molar-refractivity contribution in [3.63, 3.8) is 0 Å². The number of furan rings is 1. The van der Waals surface area contributed by atoms with E-state index in [0.717, 1.165) is 0 Å². The van der Waals surface area contributed by atoms with Crippen LogP contribution < -0.4 is 4.72 Å². The molecule has 0 saturated carbocycles. The summed E-state index contributed by atoms with van der Waals surface area (Å²) >= 11 is 0. The highest BCUT2D eigenvalue weighted by Crippen LogP contribution is 2.37. The minimum Gasteiger partial charge on any atom is -0.481 e. The Morgan fingerprint density at radius 3 is 2.45 bits per heavy atom. The van der Waals surface area contributed by atoms with E-state index < -0.39 is 27.9 Å². The zero-order chi connectivity index (χ0) is 23.4. The third-order valence-corrected chi connectivity index (χ3v) is 6.52. The number of aliphatic carboxylic acids is 1. The van der Waals surface area contributed by atoms with Crippen molar-refractivity contribution in [1.82, 2.24) is 5.01 Å². The van der Waals surface area contributed by atoms with Crippen LogP contribution in [-0.4, -0.2) is 36.1 Å². The van der Waals surface area contributed by atoms with E-state index in [2.05, 4.69) is 9.82 Å². The smallest absolute Gasteiger partial charge is 0.303 e. The normalized spacial score (nSPS) is 15.8. The van der Waals surface area contributed by atoms with Gasteiger partial charge in [0, 0.05) is 18.4 Å². The second-order valence-electron chi connectivity index (χ2n) is 7.38. The Bertz CT molecular complexity index is 1290. The SMILES string of the molecule is O=C(O)CCC(=O)N1N=C(c2ccco2)C[C@H]1c1ccccc1NS(=O)(=O)c1ccccc1. The van der Waals surface area contributed by atoms with Gasteiger partial charge >= 0.3 is 5.97 Å². The zero-order valence-electron chi connectivity index (χ0n) is 17.4. The fourth-order valence-corrected chi connectivity index (χ4v) is 4.70. The standard InChI is InChI=1S/C23H21N3O6S/c27-22(12-13-23(28)29)26-20(15-19(24-26)21-11-6-14-32-21)17-9-4-5-10-18(17)25-33(30,31)16-7-2-1-3-8-16/h1-11,14,20,25H,12-13,15H2,(H,28,29)/t20-/m0/s1. The summed E-state index contributed by atoms with van der Waals surface area (Å²) in [5.74, 6) is -1.09. The Hall–Kier alpha value is -3.92. The van der Waals surface area contributed by atoms with Gasteiger partial charge in [0.05, 0.1) is 29.3 Å². The molecule has 1 aliphatic rings. The first-order valence-corrected chi connectivity index (χ1v) is 11.7. The number of hydrogen-bond donors (Lipinski definition) is 2. The largest absolute Gasteiger partial charge is 0.481 e. The summed E-state index contributed by atoms with van der Waals surface area (Å²) in [4.78, 5) is 23.9. The van der Waals surface area contributed by atoms with Crippen LogP contribution in [0.3, 0.4) is 0 Å². The molecule has 0 radical (unpaired) electrons. The maximum atomic E-state index is 12.9. The molecule has 1 atom stereocenters. The summed E-state index contributed by atoms with van der Waals surface area (Å²) in [5.41, 5.74) is 1.35. The van der Waals surface area contributed by atoms with Crippen LogP contribution in [0.1, 0.15) is 36.6 Å². The van der Waals surface area contributed by atoms with Crippen molar-refractivity contribution in [3.8, 4) is 0 Å². The van der Waals surface area contributed by atoms with Crippen molar-refractivity contribution >= 4 is 33.3 Å². The van der Waals surface area contributed by atoms with Gasteiger partial charge in [-0.2, -0.15) is 5.10 Å². The Labute approximate surface area is 190 Å². The molecule has 4 rings (SSSR count). The predicted molar refractivity (Wildman–Crippen MR) is 120 cm³/mol. The summed E-state index contributed by atoms with van der Waals surface area (Å²) < 4.78 is 33.9. The molecule has 0 unspecified atom stereocenters. The van der Waals surface area contributed by atoms with Gasteiger partial charge < -0.3 is 9.52 Å². The second kappa shape index (κ2) is 9.29. The Morgan fingerprint density at radius 1 is 1.03 bits per heavy atom. The minimum atomic E-state index is -3.87. The van der Waals surface area contributed by atoms with Crippen LogP contribution in [0.15, 0.2) is 87.4 Å². The average molecular weight is 468 g/mol. The quantitative estimate of drug-likeness (QED) is 0.520. The van der Waals surface area contributed by atoms with Gasteiger partial charge in [-0.15, -0.1) is 0 Å². The van der Waals surface area contributed by atoms with E-state index in [1.165, 1.54) is 23.4 Å². The highest BCUT2D eigenvalue weighted by molar-refractivity contribution is 7.92. The molecule has 0 bridgehead atoms. The number of carbonyl (C=O) groups excluding carboxylic acids is 1. The van der Waals surface area contributed by atoms with Gasteiger partial charge in [0.15, 0.2) is 0 Å². The number of amides is 1. The van der Waals surface area contributed by atoms with Crippen LogP contribution in [0.5, 0.6) is 0 Å². The summed E-state index contributed by atoms with van der Waals surface area (Å²) in [6.45, 7) is 0. The summed E-state index contributed by atoms with van der Waals surface area (Å²) in [5, 5.41) is 14.6. The number of sulfonamides is 1. The van der Waals surface area contributed by atoms with E-state index in [1.54, 1.807) is 54.6 Å². The van der Waals surface area contributed by atoms with E-state index in [0.29, 0.717) is 22.7 Å². The summed E-state index contributed by atoms with van der Waals surface area (Å²) in [6.07, 6.45) is 1.19. The van der Waals surface area contributed by atoms with Gasteiger partial charge in [-0.25, -0.2) is 13.4 Å². The lowest BCUT2D eigenvalue weighted by atomic mass is 9.99. The van der Waals surface area contributed by atoms with Crippen molar-refractivity contribution in [3.05, 3.63) is 84.3 Å². The molecule has 1 amide bonds. The molecule has 2 aromatic carbocycles. The summed E-state index contributed by atoms with van der Waals surface area (Å²) in [7, 11) is -3.87. The van der Waals surface area contributed by atoms with E-state index in [1.807, 2.05) is 0 Å². The number of carbonyl (C=O) groups is 2. The van der Waals surface area contributed by atoms with Gasteiger partial charge in [0.2, 0.25) is 5.91 Å². The Balaban J connectivity index is 1.68. The molecule has 10 heteroatoms. The third-order valence-electron chi connectivity index (χ3n) is 5.14. The van der Waals surface area contributed by atoms with Crippen LogP contribution >= 0.6 is 0 Å². The number of nitrogens with zero attached hydrogens (tertiary/aromatic N) is 2. The molecule has 9 nitrogen and oxygen atoms in total. The van der Waals surface area contributed by atoms with Crippen LogP contribution in [0.2, 0.25) is 0 Å². The molecule has 1 aliphatic heterocycles. The molecule has 0 fully saturated rings. The average Bonchev–Trinajstić information content (AvgIpc) is 3.48. The molecule has 2 N–H and O–H groups in total. The molecule has 0 aliphatic carbocycles. The number of para-hydroxylation sites is 1. The predicted octanol–water partition coefficient (Wildman–Crippen LogP) is 3.62. The molecular formula is C23H21N3O6S.